The maximum absolute atomic E-state index is 13.6. The Balaban J connectivity index is 1.42. The zero-order valence-corrected chi connectivity index (χ0v) is 20.9. The van der Waals surface area contributed by atoms with E-state index in [0.29, 0.717) is 18.1 Å². The van der Waals surface area contributed by atoms with Gasteiger partial charge in [0, 0.05) is 11.4 Å². The summed E-state index contributed by atoms with van der Waals surface area (Å²) < 4.78 is 7.75. The van der Waals surface area contributed by atoms with Crippen molar-refractivity contribution in [3.8, 4) is 5.75 Å². The van der Waals surface area contributed by atoms with E-state index in [1.54, 1.807) is 4.68 Å². The van der Waals surface area contributed by atoms with Crippen LogP contribution in [0, 0.1) is 20.8 Å². The van der Waals surface area contributed by atoms with Crippen molar-refractivity contribution in [2.24, 2.45) is 0 Å². The van der Waals surface area contributed by atoms with Crippen LogP contribution in [0.2, 0.25) is 0 Å². The number of carbonyl (C=O) groups excluding carboxylic acids is 1. The van der Waals surface area contributed by atoms with E-state index >= 15 is 0 Å². The maximum Gasteiger partial charge on any atom is 0.255 e. The second-order valence-electron chi connectivity index (χ2n) is 9.21. The standard InChI is InChI=1S/C29H29N5O2/c1-18-6-5-7-22(15-18)16-36-24-11-9-23(10-12-24)27-26(21(4)32-29-30-17-31-34(27)29)28(35)33-25-13-8-19(2)14-20(25)3/h5-15,17,27H,16H2,1-4H3,(H,33,35)(H,30,31,32)/t27-/m0/s1. The zero-order chi connectivity index (χ0) is 25.2. The Morgan fingerprint density at radius 3 is 2.53 bits per heavy atom. The zero-order valence-electron chi connectivity index (χ0n) is 20.9. The number of nitrogens with zero attached hydrogens (tertiary/aromatic N) is 3. The van der Waals surface area contributed by atoms with Crippen LogP contribution in [0.1, 0.15) is 40.8 Å². The molecule has 4 aromatic rings. The van der Waals surface area contributed by atoms with Gasteiger partial charge in [-0.25, -0.2) is 4.68 Å². The van der Waals surface area contributed by atoms with E-state index in [0.717, 1.165) is 39.4 Å². The van der Waals surface area contributed by atoms with Crippen LogP contribution in [0.3, 0.4) is 0 Å². The monoisotopic (exact) mass is 479 g/mol. The molecule has 0 unspecified atom stereocenters. The summed E-state index contributed by atoms with van der Waals surface area (Å²) in [6.07, 6.45) is 1.49. The molecule has 0 saturated carbocycles. The molecule has 182 valence electrons. The van der Waals surface area contributed by atoms with Crippen LogP contribution in [0.25, 0.3) is 0 Å². The van der Waals surface area contributed by atoms with Crippen LogP contribution in [-0.4, -0.2) is 20.7 Å². The Labute approximate surface area is 210 Å². The third-order valence-electron chi connectivity index (χ3n) is 6.35. The van der Waals surface area contributed by atoms with Crippen molar-refractivity contribution < 1.29 is 9.53 Å². The molecular weight excluding hydrogens is 450 g/mol. The quantitative estimate of drug-likeness (QED) is 0.370. The predicted octanol–water partition coefficient (Wildman–Crippen LogP) is 5.71. The molecule has 0 bridgehead atoms. The van der Waals surface area contributed by atoms with E-state index in [1.807, 2.05) is 63.2 Å². The van der Waals surface area contributed by atoms with Gasteiger partial charge in [-0.15, -0.1) is 0 Å². The minimum absolute atomic E-state index is 0.183. The smallest absolute Gasteiger partial charge is 0.255 e. The number of fused-ring (bicyclic) bond motifs is 1. The summed E-state index contributed by atoms with van der Waals surface area (Å²) >= 11 is 0. The largest absolute Gasteiger partial charge is 0.489 e. The fourth-order valence-corrected chi connectivity index (χ4v) is 4.55. The van der Waals surface area contributed by atoms with Crippen LogP contribution >= 0.6 is 0 Å². The number of aromatic nitrogens is 3. The number of nitrogens with one attached hydrogen (secondary N) is 2. The van der Waals surface area contributed by atoms with Gasteiger partial charge in [0.25, 0.3) is 5.91 Å². The number of hydrogen-bond acceptors (Lipinski definition) is 5. The third kappa shape index (κ3) is 4.73. The molecule has 1 amide bonds. The molecule has 1 aliphatic rings. The minimum atomic E-state index is -0.430. The van der Waals surface area contributed by atoms with Crippen LogP contribution in [0.5, 0.6) is 5.75 Å². The molecule has 5 rings (SSSR count). The van der Waals surface area contributed by atoms with Gasteiger partial charge in [-0.05, 0) is 62.6 Å². The van der Waals surface area contributed by atoms with Crippen LogP contribution in [0.4, 0.5) is 11.6 Å². The summed E-state index contributed by atoms with van der Waals surface area (Å²) in [5.41, 5.74) is 7.51. The lowest BCUT2D eigenvalue weighted by atomic mass is 9.94. The Kier molecular flexibility index (Phi) is 6.29. The number of allylic oxidation sites excluding steroid dienone is 1. The van der Waals surface area contributed by atoms with Crippen LogP contribution in [0.15, 0.2) is 84.3 Å². The molecule has 0 saturated heterocycles. The van der Waals surface area contributed by atoms with Gasteiger partial charge >= 0.3 is 0 Å². The number of ether oxygens (including phenoxy) is 1. The Morgan fingerprint density at radius 2 is 1.78 bits per heavy atom. The topological polar surface area (TPSA) is 81.1 Å². The molecule has 0 fully saturated rings. The molecular formula is C29H29N5O2. The van der Waals surface area contributed by atoms with Crippen LogP contribution < -0.4 is 15.4 Å². The molecule has 1 aliphatic heterocycles. The van der Waals surface area contributed by atoms with Crippen molar-refractivity contribution >= 4 is 17.5 Å². The lowest BCUT2D eigenvalue weighted by Gasteiger charge is -2.29. The highest BCUT2D eigenvalue weighted by Gasteiger charge is 2.33. The number of carbonyl (C=O) groups is 1. The van der Waals surface area contributed by atoms with Gasteiger partial charge in [-0.2, -0.15) is 10.1 Å². The average Bonchev–Trinajstić information content (AvgIpc) is 3.32. The van der Waals surface area contributed by atoms with Crippen molar-refractivity contribution in [1.29, 1.82) is 0 Å². The number of benzene rings is 3. The van der Waals surface area contributed by atoms with E-state index in [4.69, 9.17) is 4.74 Å². The summed E-state index contributed by atoms with van der Waals surface area (Å²) in [4.78, 5) is 17.9. The number of rotatable bonds is 6. The van der Waals surface area contributed by atoms with Crippen LogP contribution in [-0.2, 0) is 11.4 Å². The van der Waals surface area contributed by atoms with Crippen molar-refractivity contribution in [3.05, 3.63) is 112 Å². The molecule has 0 aliphatic carbocycles. The summed E-state index contributed by atoms with van der Waals surface area (Å²) in [5, 5.41) is 10.7. The second-order valence-corrected chi connectivity index (χ2v) is 9.21. The Hall–Kier alpha value is -4.39. The van der Waals surface area contributed by atoms with Crippen molar-refractivity contribution in [3.63, 3.8) is 0 Å². The summed E-state index contributed by atoms with van der Waals surface area (Å²) in [6.45, 7) is 8.48. The van der Waals surface area contributed by atoms with Gasteiger partial charge < -0.3 is 15.4 Å². The summed E-state index contributed by atoms with van der Waals surface area (Å²) in [6, 6.07) is 21.6. The van der Waals surface area contributed by atoms with Gasteiger partial charge in [-0.3, -0.25) is 4.79 Å². The average molecular weight is 480 g/mol. The van der Waals surface area contributed by atoms with E-state index in [-0.39, 0.29) is 5.91 Å². The summed E-state index contributed by atoms with van der Waals surface area (Å²) in [5.74, 6) is 1.17. The first kappa shape index (κ1) is 23.4. The molecule has 1 atom stereocenters. The molecule has 7 heteroatoms. The molecule has 1 aromatic heterocycles. The molecule has 3 aromatic carbocycles. The molecule has 2 N–H and O–H groups in total. The van der Waals surface area contributed by atoms with E-state index in [9.17, 15) is 4.79 Å². The number of hydrogen-bond donors (Lipinski definition) is 2. The van der Waals surface area contributed by atoms with E-state index in [1.165, 1.54) is 11.9 Å². The number of aryl methyl sites for hydroxylation is 3. The lowest BCUT2D eigenvalue weighted by Crippen LogP contribution is -2.31. The molecule has 0 radical (unpaired) electrons. The minimum Gasteiger partial charge on any atom is -0.489 e. The highest BCUT2D eigenvalue weighted by atomic mass is 16.5. The second kappa shape index (κ2) is 9.70. The lowest BCUT2D eigenvalue weighted by molar-refractivity contribution is -0.113. The maximum atomic E-state index is 13.6. The van der Waals surface area contributed by atoms with Crippen molar-refractivity contribution in [2.45, 2.75) is 40.3 Å². The molecule has 36 heavy (non-hydrogen) atoms. The van der Waals surface area contributed by atoms with Gasteiger partial charge in [0.2, 0.25) is 5.95 Å². The number of anilines is 2. The first-order valence-corrected chi connectivity index (χ1v) is 11.9. The third-order valence-corrected chi connectivity index (χ3v) is 6.35. The SMILES string of the molecule is CC1=C(C(=O)Nc2ccc(C)cc2C)[C@H](c2ccc(OCc3cccc(C)c3)cc2)n2ncnc2N1. The Morgan fingerprint density at radius 1 is 1.00 bits per heavy atom. The molecule has 2 heterocycles. The predicted molar refractivity (Wildman–Crippen MR) is 141 cm³/mol. The molecule has 0 spiro atoms. The van der Waals surface area contributed by atoms with E-state index in [2.05, 4.69) is 51.9 Å². The first-order valence-electron chi connectivity index (χ1n) is 11.9. The Bertz CT molecular complexity index is 1450. The first-order chi connectivity index (χ1) is 17.4. The van der Waals surface area contributed by atoms with E-state index < -0.39 is 6.04 Å². The van der Waals surface area contributed by atoms with Gasteiger partial charge in [0.1, 0.15) is 24.7 Å². The van der Waals surface area contributed by atoms with Crippen molar-refractivity contribution in [2.75, 3.05) is 10.6 Å². The fraction of sp³-hybridized carbons (Fsp3) is 0.207. The molecule has 7 nitrogen and oxygen atoms in total. The van der Waals surface area contributed by atoms with Gasteiger partial charge in [0.15, 0.2) is 0 Å². The van der Waals surface area contributed by atoms with Crippen molar-refractivity contribution in [1.82, 2.24) is 14.8 Å². The normalized spacial score (nSPS) is 14.7. The number of amides is 1. The highest BCUT2D eigenvalue weighted by Crippen LogP contribution is 2.36. The van der Waals surface area contributed by atoms with Gasteiger partial charge in [-0.1, -0.05) is 59.7 Å². The highest BCUT2D eigenvalue weighted by molar-refractivity contribution is 6.06. The summed E-state index contributed by atoms with van der Waals surface area (Å²) in [7, 11) is 0. The van der Waals surface area contributed by atoms with Gasteiger partial charge in [0.05, 0.1) is 5.57 Å². The fourth-order valence-electron chi connectivity index (χ4n) is 4.55.